The number of carboxylic acid groups (broad SMARTS) is 2. The fourth-order valence-corrected chi connectivity index (χ4v) is 0. The zero-order valence-corrected chi connectivity index (χ0v) is 7.00. The van der Waals surface area contributed by atoms with Crippen molar-refractivity contribution in [3.05, 3.63) is 10.1 Å². The Kier molecular flexibility index (Phi) is 36.0. The molecule has 0 amide bonds. The minimum atomic E-state index is -2.33. The predicted molar refractivity (Wildman–Crippen MR) is 14.2 cm³/mol. The van der Waals surface area contributed by atoms with E-state index in [1.54, 1.807) is 0 Å². The molecule has 1 N–H and O–H groups in total. The molecule has 0 saturated carbocycles. The van der Waals surface area contributed by atoms with Crippen LogP contribution in [0.4, 0.5) is 4.79 Å². The van der Waals surface area contributed by atoms with Crippen LogP contribution >= 0.6 is 0 Å². The summed E-state index contributed by atoms with van der Waals surface area (Å²) in [5.74, 6) is 0. The van der Waals surface area contributed by atoms with Gasteiger partial charge in [0.05, 0.1) is 0 Å². The van der Waals surface area contributed by atoms with E-state index in [2.05, 4.69) is 0 Å². The van der Waals surface area contributed by atoms with Gasteiger partial charge in [-0.2, -0.15) is 0 Å². The van der Waals surface area contributed by atoms with Crippen molar-refractivity contribution in [2.24, 2.45) is 0 Å². The zero-order chi connectivity index (χ0) is 7.15. The Morgan fingerprint density at radius 1 is 1.30 bits per heavy atom. The maximum absolute atomic E-state index is 8.36. The van der Waals surface area contributed by atoms with Crippen molar-refractivity contribution in [1.82, 2.24) is 0 Å². The Morgan fingerprint density at radius 3 is 1.30 bits per heavy atom. The molecule has 0 aliphatic heterocycles. The van der Waals surface area contributed by atoms with Crippen molar-refractivity contribution >= 4 is 6.16 Å². The summed E-state index contributed by atoms with van der Waals surface area (Å²) in [5.41, 5.74) is 0. The molecule has 0 rings (SSSR count). The van der Waals surface area contributed by atoms with Crippen molar-refractivity contribution in [2.45, 2.75) is 0 Å². The van der Waals surface area contributed by atoms with Crippen molar-refractivity contribution < 1.29 is 70.1 Å². The maximum atomic E-state index is 8.36. The molecule has 0 atom stereocenters. The van der Waals surface area contributed by atoms with Gasteiger partial charge in [0.1, 0.15) is 0 Å². The largest absolute Gasteiger partial charge is 1.00 e. The molecule has 0 bridgehead atoms. The van der Waals surface area contributed by atoms with Gasteiger partial charge >= 0.3 is 44.8 Å². The maximum Gasteiger partial charge on any atom is 1.00 e. The van der Waals surface area contributed by atoms with Gasteiger partial charge in [0.15, 0.2) is 0 Å². The first kappa shape index (κ1) is 22.5. The van der Waals surface area contributed by atoms with E-state index in [1.807, 2.05) is 0 Å². The molecule has 0 fully saturated rings. The van der Waals surface area contributed by atoms with E-state index in [0.717, 1.165) is 0 Å². The smallest absolute Gasteiger partial charge is 0.652 e. The second-order valence-corrected chi connectivity index (χ2v) is 0.488. The summed E-state index contributed by atoms with van der Waals surface area (Å²) in [6.07, 6.45) is -2.33. The number of rotatable bonds is 0. The van der Waals surface area contributed by atoms with Crippen LogP contribution in [0.3, 0.4) is 0 Å². The Labute approximate surface area is 86.2 Å². The van der Waals surface area contributed by atoms with Crippen LogP contribution in [0.5, 0.6) is 0 Å². The molecule has 0 radical (unpaired) electrons. The van der Waals surface area contributed by atoms with Crippen molar-refractivity contribution in [3.63, 3.8) is 0 Å². The van der Waals surface area contributed by atoms with Crippen LogP contribution in [-0.2, 0) is 44.8 Å². The predicted octanol–water partition coefficient (Wildman–Crippen LogP) is -2.80. The van der Waals surface area contributed by atoms with E-state index < -0.39 is 11.2 Å². The molecule has 0 aromatic rings. The van der Waals surface area contributed by atoms with Crippen LogP contribution in [0.25, 0.3) is 0 Å². The van der Waals surface area contributed by atoms with E-state index in [4.69, 9.17) is 30.3 Å². The molecule has 10 heavy (non-hydrogen) atoms. The number of carbonyl (C=O) groups is 1. The van der Waals surface area contributed by atoms with E-state index >= 15 is 0 Å². The van der Waals surface area contributed by atoms with Crippen LogP contribution in [0.2, 0.25) is 0 Å². The number of carbonyl (C=O) groups excluding carboxylic acids is 1. The molecule has 0 aliphatic carbocycles. The third-order valence-corrected chi connectivity index (χ3v) is 0. The van der Waals surface area contributed by atoms with Crippen LogP contribution in [0.1, 0.15) is 0 Å². The Morgan fingerprint density at radius 2 is 1.30 bits per heavy atom. The molecule has 0 heterocycles. The molecule has 68 valence electrons. The minimum absolute atomic E-state index is 0. The Hall–Kier alpha value is -0.0495. The number of hydrogen-bond acceptors (Lipinski definition) is 5. The van der Waals surface area contributed by atoms with Crippen molar-refractivity contribution in [1.29, 1.82) is 0 Å². The molecule has 7 nitrogen and oxygen atoms in total. The SMILES string of the molecule is O=C([O-])[O-].O=[N+]([O-])O.[Ag+].[Ag+]. The van der Waals surface area contributed by atoms with Gasteiger partial charge in [-0.3, -0.25) is 0 Å². The quantitative estimate of drug-likeness (QED) is 0.289. The van der Waals surface area contributed by atoms with Crippen molar-refractivity contribution in [3.8, 4) is 0 Å². The monoisotopic (exact) mass is 337 g/mol. The zero-order valence-electron chi connectivity index (χ0n) is 4.04. The second kappa shape index (κ2) is 16.0. The van der Waals surface area contributed by atoms with Gasteiger partial charge in [-0.05, 0) is 6.16 Å². The normalized spacial score (nSPS) is 4.80. The Bertz CT molecular complexity index is 73.7. The molecule has 9 heteroatoms. The average molecular weight is 339 g/mol. The Balaban J connectivity index is -0.0000000300. The van der Waals surface area contributed by atoms with E-state index in [-0.39, 0.29) is 44.8 Å². The van der Waals surface area contributed by atoms with Crippen LogP contribution in [0, 0.1) is 10.1 Å². The number of hydrogen-bond donors (Lipinski definition) is 1. The van der Waals surface area contributed by atoms with Gasteiger partial charge in [0.2, 0.25) is 0 Å². The average Bonchev–Trinajstić information content (AvgIpc) is 1.25. The summed E-state index contributed by atoms with van der Waals surface area (Å²) in [6, 6.07) is 0. The second-order valence-electron chi connectivity index (χ2n) is 0.488. The van der Waals surface area contributed by atoms with E-state index in [9.17, 15) is 0 Å². The molecular formula is CHAg2NO6. The summed E-state index contributed by atoms with van der Waals surface area (Å²) in [5, 5.41) is 30.3. The molecule has 0 spiro atoms. The van der Waals surface area contributed by atoms with Crippen LogP contribution in [-0.4, -0.2) is 16.4 Å². The van der Waals surface area contributed by atoms with Gasteiger partial charge in [0, 0.05) is 0 Å². The third-order valence-electron chi connectivity index (χ3n) is 0. The summed E-state index contributed by atoms with van der Waals surface area (Å²) >= 11 is 0. The molecular weight excluding hydrogens is 338 g/mol. The van der Waals surface area contributed by atoms with Crippen LogP contribution < -0.4 is 10.2 Å². The molecule has 0 aromatic carbocycles. The molecule has 0 aliphatic rings. The molecule has 0 saturated heterocycles. The fourth-order valence-electron chi connectivity index (χ4n) is 0. The van der Waals surface area contributed by atoms with Gasteiger partial charge in [-0.25, -0.2) is 0 Å². The summed E-state index contributed by atoms with van der Waals surface area (Å²) in [4.78, 5) is 16.7. The molecule has 0 aromatic heterocycles. The summed E-state index contributed by atoms with van der Waals surface area (Å²) in [7, 11) is 0. The van der Waals surface area contributed by atoms with Crippen molar-refractivity contribution in [2.75, 3.05) is 0 Å². The first-order valence-electron chi connectivity index (χ1n) is 1.18. The molecule has 0 unspecified atom stereocenters. The minimum Gasteiger partial charge on any atom is -0.652 e. The summed E-state index contributed by atoms with van der Waals surface area (Å²) in [6.45, 7) is 0. The van der Waals surface area contributed by atoms with Crippen LogP contribution in [0.15, 0.2) is 0 Å². The van der Waals surface area contributed by atoms with E-state index in [1.165, 1.54) is 0 Å². The first-order chi connectivity index (χ1) is 3.46. The third kappa shape index (κ3) is 157000. The van der Waals surface area contributed by atoms with E-state index in [0.29, 0.717) is 0 Å². The van der Waals surface area contributed by atoms with Gasteiger partial charge in [0.25, 0.3) is 5.09 Å². The fraction of sp³-hybridized carbons (Fsp3) is 0. The number of nitrogens with zero attached hydrogens (tertiary/aromatic N) is 1. The first-order valence-corrected chi connectivity index (χ1v) is 1.18. The summed E-state index contributed by atoms with van der Waals surface area (Å²) < 4.78 is 0. The standard InChI is InChI=1S/CH2O3.2Ag.HNO3/c2-1(3)4;;;2-1(3)4/h(H2,2,3,4);;;(H,2,3,4)/q;2*+1;/p-2. The van der Waals surface area contributed by atoms with Gasteiger partial charge in [-0.1, -0.05) is 0 Å². The van der Waals surface area contributed by atoms with Gasteiger partial charge < -0.3 is 20.2 Å². The van der Waals surface area contributed by atoms with Gasteiger partial charge in [-0.15, -0.1) is 10.1 Å². The topological polar surface area (TPSA) is 127 Å².